The number of hydrogen-bond donors (Lipinski definition) is 2. The molecule has 3 rings (SSSR count). The van der Waals surface area contributed by atoms with Crippen molar-refractivity contribution in [1.29, 1.82) is 0 Å². The van der Waals surface area contributed by atoms with Gasteiger partial charge < -0.3 is 16.4 Å². The van der Waals surface area contributed by atoms with Crippen LogP contribution in [-0.2, 0) is 4.79 Å². The normalized spacial score (nSPS) is 19.5. The molecule has 2 aromatic rings. The highest BCUT2D eigenvalue weighted by Gasteiger charge is 2.36. The van der Waals surface area contributed by atoms with Crippen LogP contribution in [-0.4, -0.2) is 42.1 Å². The van der Waals surface area contributed by atoms with E-state index in [1.807, 2.05) is 41.3 Å². The number of rotatable bonds is 6. The van der Waals surface area contributed by atoms with Crippen molar-refractivity contribution in [1.82, 2.24) is 4.90 Å². The van der Waals surface area contributed by atoms with E-state index < -0.39 is 5.91 Å². The fraction of sp³-hybridized carbons (Fsp3) is 0.300. The van der Waals surface area contributed by atoms with Crippen molar-refractivity contribution in [2.45, 2.75) is 10.8 Å². The Bertz CT molecular complexity index is 782. The lowest BCUT2D eigenvalue weighted by molar-refractivity contribution is -0.115. The van der Waals surface area contributed by atoms with Crippen LogP contribution in [0.15, 0.2) is 59.5 Å². The summed E-state index contributed by atoms with van der Waals surface area (Å²) >= 11 is 1.30. The van der Waals surface area contributed by atoms with Crippen LogP contribution in [0.1, 0.15) is 21.8 Å². The third kappa shape index (κ3) is 4.08. The van der Waals surface area contributed by atoms with E-state index in [1.54, 1.807) is 6.07 Å². The lowest BCUT2D eigenvalue weighted by Gasteiger charge is -2.18. The van der Waals surface area contributed by atoms with Crippen molar-refractivity contribution in [2.75, 3.05) is 25.4 Å². The number of likely N-dealkylation sites (tertiary alicyclic amines) is 1. The van der Waals surface area contributed by atoms with Gasteiger partial charge in [-0.15, -0.1) is 11.8 Å². The Balaban J connectivity index is 1.80. The van der Waals surface area contributed by atoms with Crippen LogP contribution in [0.2, 0.25) is 0 Å². The predicted molar refractivity (Wildman–Crippen MR) is 104 cm³/mol. The Hall–Kier alpha value is -2.31. The summed E-state index contributed by atoms with van der Waals surface area (Å²) in [5.74, 6) is 0.227. The number of benzene rings is 2. The van der Waals surface area contributed by atoms with E-state index in [-0.39, 0.29) is 23.5 Å². The minimum absolute atomic E-state index is 0.0190. The van der Waals surface area contributed by atoms with Crippen molar-refractivity contribution < 1.29 is 9.59 Å². The lowest BCUT2D eigenvalue weighted by atomic mass is 9.89. The third-order valence-electron chi connectivity index (χ3n) is 4.75. The van der Waals surface area contributed by atoms with E-state index in [1.165, 1.54) is 17.3 Å². The van der Waals surface area contributed by atoms with Crippen molar-refractivity contribution in [3.8, 4) is 0 Å². The summed E-state index contributed by atoms with van der Waals surface area (Å²) in [7, 11) is 0. The fourth-order valence-corrected chi connectivity index (χ4v) is 4.23. The van der Waals surface area contributed by atoms with Crippen LogP contribution in [0.4, 0.5) is 0 Å². The standard InChI is InChI=1S/C20H23N3O2S/c21-10-15-11-23(12-17(15)14-6-2-1-3-7-14)20(25)16-8-4-5-9-18(16)26-13-19(22)24/h1-9,15,17H,10-13,21H2,(H2,22,24)/t15-,17+/m1/s1. The highest BCUT2D eigenvalue weighted by molar-refractivity contribution is 8.00. The Morgan fingerprint density at radius 3 is 2.42 bits per heavy atom. The van der Waals surface area contributed by atoms with E-state index >= 15 is 0 Å². The van der Waals surface area contributed by atoms with Crippen LogP contribution < -0.4 is 11.5 Å². The zero-order valence-corrected chi connectivity index (χ0v) is 15.3. The van der Waals surface area contributed by atoms with Gasteiger partial charge in [-0.3, -0.25) is 9.59 Å². The van der Waals surface area contributed by atoms with Crippen molar-refractivity contribution >= 4 is 23.6 Å². The van der Waals surface area contributed by atoms with Gasteiger partial charge in [0.1, 0.15) is 0 Å². The molecule has 1 heterocycles. The van der Waals surface area contributed by atoms with Gasteiger partial charge in [-0.25, -0.2) is 0 Å². The molecule has 0 unspecified atom stereocenters. The Labute approximate surface area is 157 Å². The third-order valence-corrected chi connectivity index (χ3v) is 5.84. The molecule has 6 heteroatoms. The van der Waals surface area contributed by atoms with Gasteiger partial charge in [0.05, 0.1) is 11.3 Å². The molecule has 26 heavy (non-hydrogen) atoms. The van der Waals surface area contributed by atoms with E-state index in [0.29, 0.717) is 25.2 Å². The molecular formula is C20H23N3O2S. The molecule has 1 aliphatic rings. The van der Waals surface area contributed by atoms with Gasteiger partial charge in [0.25, 0.3) is 5.91 Å². The molecule has 0 aliphatic carbocycles. The Morgan fingerprint density at radius 2 is 1.73 bits per heavy atom. The number of amides is 2. The van der Waals surface area contributed by atoms with E-state index in [4.69, 9.17) is 11.5 Å². The molecule has 0 aromatic heterocycles. The van der Waals surface area contributed by atoms with Gasteiger partial charge in [-0.05, 0) is 30.2 Å². The molecule has 0 saturated carbocycles. The molecule has 0 radical (unpaired) electrons. The first-order valence-corrected chi connectivity index (χ1v) is 9.63. The molecule has 0 bridgehead atoms. The van der Waals surface area contributed by atoms with Crippen molar-refractivity contribution in [3.63, 3.8) is 0 Å². The zero-order valence-electron chi connectivity index (χ0n) is 14.5. The molecule has 2 aromatic carbocycles. The van der Waals surface area contributed by atoms with Gasteiger partial charge in [0.2, 0.25) is 5.91 Å². The SMILES string of the molecule is NC[C@@H]1CN(C(=O)c2ccccc2SCC(N)=O)C[C@H]1c1ccccc1. The quantitative estimate of drug-likeness (QED) is 0.763. The maximum Gasteiger partial charge on any atom is 0.255 e. The minimum atomic E-state index is -0.397. The molecule has 0 spiro atoms. The topological polar surface area (TPSA) is 89.4 Å². The number of primary amides is 1. The summed E-state index contributed by atoms with van der Waals surface area (Å²) in [4.78, 5) is 26.8. The van der Waals surface area contributed by atoms with Crippen LogP contribution in [0.5, 0.6) is 0 Å². The fourth-order valence-electron chi connectivity index (χ4n) is 3.44. The second-order valence-electron chi connectivity index (χ2n) is 6.47. The molecule has 1 saturated heterocycles. The number of nitrogens with two attached hydrogens (primary N) is 2. The summed E-state index contributed by atoms with van der Waals surface area (Å²) in [6.45, 7) is 1.84. The molecule has 1 fully saturated rings. The van der Waals surface area contributed by atoms with Gasteiger partial charge in [-0.1, -0.05) is 42.5 Å². The number of thioether (sulfide) groups is 1. The van der Waals surface area contributed by atoms with Gasteiger partial charge in [0, 0.05) is 23.9 Å². The molecule has 2 amide bonds. The van der Waals surface area contributed by atoms with Crippen LogP contribution in [0.25, 0.3) is 0 Å². The van der Waals surface area contributed by atoms with Crippen molar-refractivity contribution in [3.05, 3.63) is 65.7 Å². The number of nitrogens with zero attached hydrogens (tertiary/aromatic N) is 1. The lowest BCUT2D eigenvalue weighted by Crippen LogP contribution is -2.30. The zero-order chi connectivity index (χ0) is 18.5. The summed E-state index contributed by atoms with van der Waals surface area (Å²) in [6, 6.07) is 17.6. The molecule has 2 atom stereocenters. The monoisotopic (exact) mass is 369 g/mol. The van der Waals surface area contributed by atoms with Crippen LogP contribution in [0, 0.1) is 5.92 Å². The average Bonchev–Trinajstić information content (AvgIpc) is 3.11. The highest BCUT2D eigenvalue weighted by Crippen LogP contribution is 2.34. The highest BCUT2D eigenvalue weighted by atomic mass is 32.2. The van der Waals surface area contributed by atoms with Crippen LogP contribution >= 0.6 is 11.8 Å². The number of carbonyl (C=O) groups is 2. The van der Waals surface area contributed by atoms with E-state index in [0.717, 1.165) is 4.90 Å². The van der Waals surface area contributed by atoms with Gasteiger partial charge in [-0.2, -0.15) is 0 Å². The molecule has 4 N–H and O–H groups in total. The first kappa shape index (κ1) is 18.5. The minimum Gasteiger partial charge on any atom is -0.369 e. The van der Waals surface area contributed by atoms with Crippen molar-refractivity contribution in [2.24, 2.45) is 17.4 Å². The summed E-state index contributed by atoms with van der Waals surface area (Å²) < 4.78 is 0. The molecule has 5 nitrogen and oxygen atoms in total. The first-order valence-electron chi connectivity index (χ1n) is 8.64. The second-order valence-corrected chi connectivity index (χ2v) is 7.49. The largest absolute Gasteiger partial charge is 0.369 e. The van der Waals surface area contributed by atoms with Crippen LogP contribution in [0.3, 0.4) is 0 Å². The second kappa shape index (κ2) is 8.38. The maximum atomic E-state index is 13.1. The van der Waals surface area contributed by atoms with Gasteiger partial charge in [0.15, 0.2) is 0 Å². The summed E-state index contributed by atoms with van der Waals surface area (Å²) in [6.07, 6.45) is 0. The van der Waals surface area contributed by atoms with Gasteiger partial charge >= 0.3 is 0 Å². The number of carbonyl (C=O) groups excluding carboxylic acids is 2. The van der Waals surface area contributed by atoms with E-state index in [9.17, 15) is 9.59 Å². The van der Waals surface area contributed by atoms with E-state index in [2.05, 4.69) is 12.1 Å². The first-order chi connectivity index (χ1) is 12.6. The number of hydrogen-bond acceptors (Lipinski definition) is 4. The summed E-state index contributed by atoms with van der Waals surface area (Å²) in [5, 5.41) is 0. The molecule has 1 aliphatic heterocycles. The predicted octanol–water partition coefficient (Wildman–Crippen LogP) is 2.08. The smallest absolute Gasteiger partial charge is 0.255 e. The molecular weight excluding hydrogens is 346 g/mol. The summed E-state index contributed by atoms with van der Waals surface area (Å²) in [5.41, 5.74) is 13.0. The Morgan fingerprint density at radius 1 is 1.04 bits per heavy atom. The average molecular weight is 369 g/mol. The maximum absolute atomic E-state index is 13.1. The Kier molecular flexibility index (Phi) is 5.96. The molecule has 136 valence electrons.